The SMILES string of the molecule is CC1(C)c2ccccc2N2CC(=O)NC21C=CC=Cc1ccccc1. The molecule has 0 spiro atoms. The number of rotatable bonds is 3. The second kappa shape index (κ2) is 5.62. The highest BCUT2D eigenvalue weighted by atomic mass is 16.2. The van der Waals surface area contributed by atoms with Crippen LogP contribution in [0.4, 0.5) is 5.69 Å². The second-order valence-corrected chi connectivity index (χ2v) is 7.17. The Balaban J connectivity index is 1.70. The van der Waals surface area contributed by atoms with Crippen LogP contribution in [0.15, 0.2) is 72.8 Å². The molecule has 2 aromatic rings. The average molecular weight is 330 g/mol. The Morgan fingerprint density at radius 2 is 1.72 bits per heavy atom. The van der Waals surface area contributed by atoms with Gasteiger partial charge in [-0.25, -0.2) is 0 Å². The number of nitrogens with one attached hydrogen (secondary N) is 1. The second-order valence-electron chi connectivity index (χ2n) is 7.17. The number of carbonyl (C=O) groups excluding carboxylic acids is 1. The molecule has 0 aliphatic carbocycles. The van der Waals surface area contributed by atoms with Crippen molar-refractivity contribution in [1.29, 1.82) is 0 Å². The Morgan fingerprint density at radius 1 is 1.00 bits per heavy atom. The topological polar surface area (TPSA) is 32.3 Å². The maximum atomic E-state index is 12.2. The lowest BCUT2D eigenvalue weighted by Gasteiger charge is -2.40. The number of fused-ring (bicyclic) bond motifs is 3. The van der Waals surface area contributed by atoms with Gasteiger partial charge in [0.15, 0.2) is 0 Å². The van der Waals surface area contributed by atoms with Gasteiger partial charge in [0.25, 0.3) is 0 Å². The van der Waals surface area contributed by atoms with Gasteiger partial charge in [-0.2, -0.15) is 0 Å². The number of hydrogen-bond acceptors (Lipinski definition) is 2. The van der Waals surface area contributed by atoms with E-state index in [0.717, 1.165) is 11.3 Å². The molecule has 1 amide bonds. The van der Waals surface area contributed by atoms with Crippen molar-refractivity contribution in [1.82, 2.24) is 5.32 Å². The molecule has 1 unspecified atom stereocenters. The van der Waals surface area contributed by atoms with E-state index in [2.05, 4.69) is 66.5 Å². The minimum Gasteiger partial charge on any atom is -0.335 e. The summed E-state index contributed by atoms with van der Waals surface area (Å²) in [6, 6.07) is 18.6. The molecule has 0 saturated carbocycles. The van der Waals surface area contributed by atoms with Crippen LogP contribution in [0.3, 0.4) is 0 Å². The number of benzene rings is 2. The molecule has 25 heavy (non-hydrogen) atoms. The molecule has 126 valence electrons. The first-order chi connectivity index (χ1) is 12.0. The minimum absolute atomic E-state index is 0.0688. The Labute approximate surface area is 148 Å². The van der Waals surface area contributed by atoms with Gasteiger partial charge in [-0.3, -0.25) is 4.79 Å². The van der Waals surface area contributed by atoms with E-state index in [1.54, 1.807) is 0 Å². The number of amides is 1. The quantitative estimate of drug-likeness (QED) is 0.866. The Hall–Kier alpha value is -2.81. The molecule has 2 heterocycles. The van der Waals surface area contributed by atoms with Gasteiger partial charge in [0.05, 0.1) is 6.54 Å². The summed E-state index contributed by atoms with van der Waals surface area (Å²) in [4.78, 5) is 14.4. The highest BCUT2D eigenvalue weighted by Crippen LogP contribution is 2.52. The van der Waals surface area contributed by atoms with Gasteiger partial charge in [-0.1, -0.05) is 80.6 Å². The van der Waals surface area contributed by atoms with Gasteiger partial charge in [0.1, 0.15) is 5.66 Å². The monoisotopic (exact) mass is 330 g/mol. The lowest BCUT2D eigenvalue weighted by molar-refractivity contribution is -0.118. The fourth-order valence-electron chi connectivity index (χ4n) is 4.07. The molecule has 2 aliphatic rings. The third-order valence-corrected chi connectivity index (χ3v) is 5.42. The van der Waals surface area contributed by atoms with Crippen LogP contribution in [-0.4, -0.2) is 18.1 Å². The molecule has 3 nitrogen and oxygen atoms in total. The largest absolute Gasteiger partial charge is 0.335 e. The third kappa shape index (κ3) is 2.30. The molecule has 1 N–H and O–H groups in total. The minimum atomic E-state index is -0.519. The summed E-state index contributed by atoms with van der Waals surface area (Å²) in [6.07, 6.45) is 8.27. The van der Waals surface area contributed by atoms with Crippen LogP contribution < -0.4 is 10.2 Å². The van der Waals surface area contributed by atoms with Gasteiger partial charge in [0, 0.05) is 11.1 Å². The van der Waals surface area contributed by atoms with Gasteiger partial charge in [0.2, 0.25) is 5.91 Å². The van der Waals surface area contributed by atoms with Crippen molar-refractivity contribution >= 4 is 17.7 Å². The maximum absolute atomic E-state index is 12.2. The van der Waals surface area contributed by atoms with E-state index < -0.39 is 5.66 Å². The highest BCUT2D eigenvalue weighted by molar-refractivity contribution is 5.91. The first kappa shape index (κ1) is 15.7. The van der Waals surface area contributed by atoms with Crippen molar-refractivity contribution in [2.24, 2.45) is 0 Å². The van der Waals surface area contributed by atoms with Crippen molar-refractivity contribution in [2.75, 3.05) is 11.4 Å². The molecule has 3 heteroatoms. The van der Waals surface area contributed by atoms with E-state index in [0.29, 0.717) is 6.54 Å². The molecule has 0 radical (unpaired) electrons. The summed E-state index contributed by atoms with van der Waals surface area (Å²) in [5.74, 6) is 0.0688. The molecule has 2 aromatic carbocycles. The predicted molar refractivity (Wildman–Crippen MR) is 102 cm³/mol. The normalized spacial score (nSPS) is 23.9. The van der Waals surface area contributed by atoms with Crippen LogP contribution in [0, 0.1) is 0 Å². The number of hydrogen-bond donors (Lipinski definition) is 1. The van der Waals surface area contributed by atoms with Gasteiger partial charge in [-0.05, 0) is 23.3 Å². The van der Waals surface area contributed by atoms with E-state index in [9.17, 15) is 4.79 Å². The first-order valence-electron chi connectivity index (χ1n) is 8.64. The molecule has 0 bridgehead atoms. The number of para-hydroxylation sites is 1. The Bertz CT molecular complexity index is 867. The standard InChI is InChI=1S/C22H22N2O/c1-21(2)18-13-6-7-14-19(18)24-16-20(25)23-22(21,24)15-9-8-12-17-10-4-3-5-11-17/h3-15H,16H2,1-2H3,(H,23,25). The van der Waals surface area contributed by atoms with E-state index in [-0.39, 0.29) is 11.3 Å². The number of nitrogens with zero attached hydrogens (tertiary/aromatic N) is 1. The molecule has 1 saturated heterocycles. The van der Waals surface area contributed by atoms with Crippen molar-refractivity contribution in [3.05, 3.63) is 84.0 Å². The fraction of sp³-hybridized carbons (Fsp3) is 0.227. The first-order valence-corrected chi connectivity index (χ1v) is 8.64. The summed E-state index contributed by atoms with van der Waals surface area (Å²) in [6.45, 7) is 4.79. The van der Waals surface area contributed by atoms with Crippen molar-refractivity contribution in [3.63, 3.8) is 0 Å². The summed E-state index contributed by atoms with van der Waals surface area (Å²) < 4.78 is 0. The summed E-state index contributed by atoms with van der Waals surface area (Å²) >= 11 is 0. The van der Waals surface area contributed by atoms with Crippen LogP contribution in [-0.2, 0) is 10.2 Å². The summed E-state index contributed by atoms with van der Waals surface area (Å²) in [7, 11) is 0. The smallest absolute Gasteiger partial charge is 0.241 e. The van der Waals surface area contributed by atoms with Crippen molar-refractivity contribution < 1.29 is 4.79 Å². The predicted octanol–water partition coefficient (Wildman–Crippen LogP) is 3.88. The Morgan fingerprint density at radius 3 is 2.52 bits per heavy atom. The van der Waals surface area contributed by atoms with E-state index in [4.69, 9.17) is 0 Å². The lowest BCUT2D eigenvalue weighted by atomic mass is 9.75. The fourth-order valence-corrected chi connectivity index (χ4v) is 4.07. The average Bonchev–Trinajstić information content (AvgIpc) is 3.05. The molecule has 1 atom stereocenters. The molecule has 4 rings (SSSR count). The zero-order chi connectivity index (χ0) is 17.5. The van der Waals surface area contributed by atoms with Crippen molar-refractivity contribution in [2.45, 2.75) is 24.9 Å². The molecule has 1 fully saturated rings. The highest BCUT2D eigenvalue weighted by Gasteiger charge is 2.59. The zero-order valence-corrected chi connectivity index (χ0v) is 14.6. The molecule has 0 aromatic heterocycles. The van der Waals surface area contributed by atoms with E-state index in [1.165, 1.54) is 5.56 Å². The lowest BCUT2D eigenvalue weighted by Crippen LogP contribution is -2.58. The molecular weight excluding hydrogens is 308 g/mol. The van der Waals surface area contributed by atoms with Gasteiger partial charge >= 0.3 is 0 Å². The molecule has 2 aliphatic heterocycles. The van der Waals surface area contributed by atoms with Crippen LogP contribution in [0.25, 0.3) is 6.08 Å². The number of anilines is 1. The van der Waals surface area contributed by atoms with Gasteiger partial charge < -0.3 is 10.2 Å². The van der Waals surface area contributed by atoms with Crippen LogP contribution in [0.5, 0.6) is 0 Å². The van der Waals surface area contributed by atoms with E-state index >= 15 is 0 Å². The van der Waals surface area contributed by atoms with Crippen LogP contribution >= 0.6 is 0 Å². The number of carbonyl (C=O) groups is 1. The Kier molecular flexibility index (Phi) is 3.53. The summed E-state index contributed by atoms with van der Waals surface area (Å²) in [5, 5.41) is 3.23. The number of allylic oxidation sites excluding steroid dienone is 2. The third-order valence-electron chi connectivity index (χ3n) is 5.42. The summed E-state index contributed by atoms with van der Waals surface area (Å²) in [5.41, 5.74) is 2.84. The van der Waals surface area contributed by atoms with E-state index in [1.807, 2.05) is 36.4 Å². The maximum Gasteiger partial charge on any atom is 0.241 e. The van der Waals surface area contributed by atoms with Gasteiger partial charge in [-0.15, -0.1) is 0 Å². The van der Waals surface area contributed by atoms with Crippen LogP contribution in [0.1, 0.15) is 25.0 Å². The molecular formula is C22H22N2O. The van der Waals surface area contributed by atoms with Crippen LogP contribution in [0.2, 0.25) is 0 Å². The van der Waals surface area contributed by atoms with Crippen molar-refractivity contribution in [3.8, 4) is 0 Å². The zero-order valence-electron chi connectivity index (χ0n) is 14.6.